The largest absolute Gasteiger partial charge is 0.495 e. The van der Waals surface area contributed by atoms with Crippen LogP contribution in [0.5, 0.6) is 5.75 Å². The summed E-state index contributed by atoms with van der Waals surface area (Å²) in [7, 11) is 1.55. The Bertz CT molecular complexity index is 1030. The van der Waals surface area contributed by atoms with Crippen molar-refractivity contribution in [1.82, 2.24) is 14.8 Å². The third-order valence-corrected chi connectivity index (χ3v) is 7.04. The van der Waals surface area contributed by atoms with Crippen LogP contribution in [0, 0.1) is 6.92 Å². The van der Waals surface area contributed by atoms with E-state index in [0.717, 1.165) is 34.3 Å². The Kier molecular flexibility index (Phi) is 5.85. The highest BCUT2D eigenvalue weighted by Crippen LogP contribution is 2.42. The van der Waals surface area contributed by atoms with E-state index in [1.54, 1.807) is 24.5 Å². The fraction of sp³-hybridized carbons (Fsp3) is 0.350. The summed E-state index contributed by atoms with van der Waals surface area (Å²) in [6.07, 6.45) is 2.23. The third-order valence-electron chi connectivity index (χ3n) is 4.71. The van der Waals surface area contributed by atoms with E-state index in [4.69, 9.17) is 16.3 Å². The third kappa shape index (κ3) is 4.29. The van der Waals surface area contributed by atoms with Crippen LogP contribution in [-0.2, 0) is 4.79 Å². The average molecular weight is 449 g/mol. The minimum absolute atomic E-state index is 0.127. The Balaban J connectivity index is 1.52. The van der Waals surface area contributed by atoms with Crippen LogP contribution in [0.2, 0.25) is 5.02 Å². The van der Waals surface area contributed by atoms with E-state index in [1.165, 1.54) is 11.8 Å². The Morgan fingerprint density at radius 1 is 1.41 bits per heavy atom. The van der Waals surface area contributed by atoms with Crippen LogP contribution in [0.15, 0.2) is 34.8 Å². The summed E-state index contributed by atoms with van der Waals surface area (Å²) in [4.78, 5) is 13.9. The number of benzene rings is 1. The molecule has 3 aromatic rings. The summed E-state index contributed by atoms with van der Waals surface area (Å²) in [6, 6.07) is 8.00. The van der Waals surface area contributed by atoms with E-state index in [2.05, 4.69) is 20.1 Å². The molecule has 1 atom stereocenters. The normalized spacial score (nSPS) is 14.6. The summed E-state index contributed by atoms with van der Waals surface area (Å²) < 4.78 is 7.53. The molecule has 0 unspecified atom stereocenters. The van der Waals surface area contributed by atoms with Crippen LogP contribution >= 0.6 is 34.7 Å². The van der Waals surface area contributed by atoms with Crippen molar-refractivity contribution in [1.29, 1.82) is 0 Å². The molecule has 1 aromatic carbocycles. The molecule has 0 spiro atoms. The second kappa shape index (κ2) is 8.38. The van der Waals surface area contributed by atoms with Gasteiger partial charge in [-0.2, -0.15) is 0 Å². The van der Waals surface area contributed by atoms with Gasteiger partial charge in [-0.1, -0.05) is 29.4 Å². The molecule has 9 heteroatoms. The number of hydrogen-bond acceptors (Lipinski definition) is 6. The van der Waals surface area contributed by atoms with Crippen molar-refractivity contribution in [2.24, 2.45) is 0 Å². The number of aromatic nitrogens is 3. The molecule has 0 aliphatic heterocycles. The number of nitrogens with one attached hydrogen (secondary N) is 1. The maximum atomic E-state index is 12.8. The maximum absolute atomic E-state index is 12.8. The minimum atomic E-state index is -0.353. The number of carbonyl (C=O) groups excluding carboxylic acids is 1. The van der Waals surface area contributed by atoms with Crippen LogP contribution < -0.4 is 10.1 Å². The molecule has 1 N–H and O–H groups in total. The number of anilines is 1. The monoisotopic (exact) mass is 448 g/mol. The standard InChI is InChI=1S/C20H21ClN4O2S2/c1-11-9-15(16(27-3)10-14(11)21)22-19(26)12(2)29-20-24-23-18(17-5-4-8-28-17)25(20)13-6-7-13/h4-5,8-10,12-13H,6-7H2,1-3H3,(H,22,26)/t12-/m0/s1. The summed E-state index contributed by atoms with van der Waals surface area (Å²) in [6.45, 7) is 3.76. The second-order valence-corrected chi connectivity index (χ2v) is 9.60. The highest BCUT2D eigenvalue weighted by Gasteiger charge is 2.32. The van der Waals surface area contributed by atoms with Gasteiger partial charge in [-0.15, -0.1) is 21.5 Å². The lowest BCUT2D eigenvalue weighted by Crippen LogP contribution is -2.23. The number of aryl methyl sites for hydroxylation is 1. The van der Waals surface area contributed by atoms with Gasteiger partial charge in [-0.3, -0.25) is 9.36 Å². The quantitative estimate of drug-likeness (QED) is 0.488. The summed E-state index contributed by atoms with van der Waals surface area (Å²) in [5, 5.41) is 14.8. The zero-order valence-corrected chi connectivity index (χ0v) is 18.7. The molecule has 2 heterocycles. The molecule has 4 rings (SSSR count). The van der Waals surface area contributed by atoms with Gasteiger partial charge in [0.25, 0.3) is 0 Å². The number of hydrogen-bond donors (Lipinski definition) is 1. The molecule has 29 heavy (non-hydrogen) atoms. The number of amides is 1. The first-order chi connectivity index (χ1) is 14.0. The number of thiophene rings is 1. The molecule has 1 fully saturated rings. The van der Waals surface area contributed by atoms with E-state index in [9.17, 15) is 4.79 Å². The van der Waals surface area contributed by atoms with Crippen molar-refractivity contribution < 1.29 is 9.53 Å². The topological polar surface area (TPSA) is 69.0 Å². The molecular formula is C20H21ClN4O2S2. The first-order valence-corrected chi connectivity index (χ1v) is 11.4. The van der Waals surface area contributed by atoms with Crippen molar-refractivity contribution in [3.05, 3.63) is 40.2 Å². The lowest BCUT2D eigenvalue weighted by molar-refractivity contribution is -0.115. The van der Waals surface area contributed by atoms with Crippen molar-refractivity contribution in [2.45, 2.75) is 43.1 Å². The van der Waals surface area contributed by atoms with Gasteiger partial charge in [0.1, 0.15) is 5.75 Å². The number of ether oxygens (including phenoxy) is 1. The molecule has 0 saturated heterocycles. The van der Waals surface area contributed by atoms with Crippen LogP contribution in [0.25, 0.3) is 10.7 Å². The van der Waals surface area contributed by atoms with Crippen LogP contribution in [0.4, 0.5) is 5.69 Å². The van der Waals surface area contributed by atoms with Gasteiger partial charge in [0.2, 0.25) is 5.91 Å². The van der Waals surface area contributed by atoms with Gasteiger partial charge in [0.15, 0.2) is 11.0 Å². The smallest absolute Gasteiger partial charge is 0.237 e. The zero-order chi connectivity index (χ0) is 20.5. The highest BCUT2D eigenvalue weighted by molar-refractivity contribution is 8.00. The van der Waals surface area contributed by atoms with Gasteiger partial charge < -0.3 is 10.1 Å². The first kappa shape index (κ1) is 20.3. The number of nitrogens with zero attached hydrogens (tertiary/aromatic N) is 3. The lowest BCUT2D eigenvalue weighted by atomic mass is 10.2. The molecule has 2 aromatic heterocycles. The molecule has 1 aliphatic rings. The van der Waals surface area contributed by atoms with Crippen LogP contribution in [0.1, 0.15) is 31.4 Å². The molecular weight excluding hydrogens is 428 g/mol. The number of halogens is 1. The Labute approximate surface area is 182 Å². The Hall–Kier alpha value is -2.03. The number of thioether (sulfide) groups is 1. The summed E-state index contributed by atoms with van der Waals surface area (Å²) in [5.74, 6) is 1.29. The molecule has 152 valence electrons. The van der Waals surface area contributed by atoms with Crippen LogP contribution in [0.3, 0.4) is 0 Å². The van der Waals surface area contributed by atoms with Crippen molar-refractivity contribution >= 4 is 46.3 Å². The van der Waals surface area contributed by atoms with Crippen LogP contribution in [-0.4, -0.2) is 33.0 Å². The zero-order valence-electron chi connectivity index (χ0n) is 16.3. The molecule has 0 bridgehead atoms. The maximum Gasteiger partial charge on any atom is 0.237 e. The Morgan fingerprint density at radius 3 is 2.86 bits per heavy atom. The van der Waals surface area contributed by atoms with Gasteiger partial charge >= 0.3 is 0 Å². The molecule has 6 nitrogen and oxygen atoms in total. The second-order valence-electron chi connectivity index (χ2n) is 6.94. The van der Waals surface area contributed by atoms with E-state index < -0.39 is 0 Å². The number of carbonyl (C=O) groups is 1. The molecule has 1 saturated carbocycles. The predicted octanol–water partition coefficient (Wildman–Crippen LogP) is 5.43. The van der Waals surface area contributed by atoms with E-state index in [1.807, 2.05) is 37.4 Å². The number of rotatable bonds is 7. The fourth-order valence-corrected chi connectivity index (χ4v) is 4.75. The minimum Gasteiger partial charge on any atom is -0.495 e. The highest BCUT2D eigenvalue weighted by atomic mass is 35.5. The van der Waals surface area contributed by atoms with Crippen molar-refractivity contribution in [2.75, 3.05) is 12.4 Å². The van der Waals surface area contributed by atoms with E-state index >= 15 is 0 Å². The van der Waals surface area contributed by atoms with Crippen molar-refractivity contribution in [3.8, 4) is 16.5 Å². The first-order valence-electron chi connectivity index (χ1n) is 9.28. The van der Waals surface area contributed by atoms with Gasteiger partial charge in [-0.05, 0) is 49.8 Å². The van der Waals surface area contributed by atoms with Gasteiger partial charge in [0, 0.05) is 17.1 Å². The summed E-state index contributed by atoms with van der Waals surface area (Å²) >= 11 is 9.22. The van der Waals surface area contributed by atoms with Gasteiger partial charge in [-0.25, -0.2) is 0 Å². The summed E-state index contributed by atoms with van der Waals surface area (Å²) in [5.41, 5.74) is 1.48. The molecule has 1 aliphatic carbocycles. The van der Waals surface area contributed by atoms with E-state index in [-0.39, 0.29) is 11.2 Å². The van der Waals surface area contributed by atoms with Gasteiger partial charge in [0.05, 0.1) is 22.9 Å². The van der Waals surface area contributed by atoms with Crippen molar-refractivity contribution in [3.63, 3.8) is 0 Å². The van der Waals surface area contributed by atoms with E-state index in [0.29, 0.717) is 22.5 Å². The Morgan fingerprint density at radius 2 is 2.21 bits per heavy atom. The SMILES string of the molecule is COc1cc(Cl)c(C)cc1NC(=O)[C@H](C)Sc1nnc(-c2cccs2)n1C1CC1. The fourth-order valence-electron chi connectivity index (χ4n) is 2.97. The molecule has 0 radical (unpaired) electrons. The average Bonchev–Trinajstić information content (AvgIpc) is 3.22. The molecule has 1 amide bonds. The lowest BCUT2D eigenvalue weighted by Gasteiger charge is -2.16. The number of methoxy groups -OCH3 is 1. The predicted molar refractivity (Wildman–Crippen MR) is 118 cm³/mol.